The Bertz CT molecular complexity index is 841. The Morgan fingerprint density at radius 1 is 1.04 bits per heavy atom. The van der Waals surface area contributed by atoms with Crippen LogP contribution in [0, 0.1) is 5.82 Å². The molecule has 2 aromatic carbocycles. The fourth-order valence-corrected chi connectivity index (χ4v) is 5.32. The third-order valence-electron chi connectivity index (χ3n) is 5.42. The molecule has 3 aliphatic rings. The van der Waals surface area contributed by atoms with Gasteiger partial charge in [0.2, 0.25) is 0 Å². The summed E-state index contributed by atoms with van der Waals surface area (Å²) >= 11 is 1.64. The van der Waals surface area contributed by atoms with E-state index in [0.29, 0.717) is 18.7 Å². The summed E-state index contributed by atoms with van der Waals surface area (Å²) in [5.74, 6) is -0.236. The first-order chi connectivity index (χ1) is 12.7. The van der Waals surface area contributed by atoms with Crippen molar-refractivity contribution >= 4 is 17.9 Å². The first kappa shape index (κ1) is 16.3. The summed E-state index contributed by atoms with van der Waals surface area (Å²) in [7, 11) is 0. The van der Waals surface area contributed by atoms with Gasteiger partial charge in [-0.25, -0.2) is 8.70 Å². The van der Waals surface area contributed by atoms with Crippen LogP contribution in [0.2, 0.25) is 0 Å². The maximum atomic E-state index is 14.2. The van der Waals surface area contributed by atoms with Crippen LogP contribution in [0.5, 0.6) is 0 Å². The molecule has 5 rings (SSSR count). The number of amides is 1. The summed E-state index contributed by atoms with van der Waals surface area (Å²) < 4.78 is 22.6. The molecule has 3 heterocycles. The Morgan fingerprint density at radius 2 is 1.77 bits per heavy atom. The average Bonchev–Trinajstić information content (AvgIpc) is 3.15. The van der Waals surface area contributed by atoms with E-state index in [1.807, 2.05) is 24.3 Å². The van der Waals surface area contributed by atoms with Crippen molar-refractivity contribution in [1.29, 1.82) is 0 Å². The Morgan fingerprint density at radius 3 is 2.54 bits per heavy atom. The molecule has 6 heteroatoms. The molecule has 0 aliphatic carbocycles. The zero-order valence-corrected chi connectivity index (χ0v) is 15.0. The number of rotatable bonds is 3. The molecule has 4 nitrogen and oxygen atoms in total. The Kier molecular flexibility index (Phi) is 3.81. The smallest absolute Gasteiger partial charge is 0.260 e. The van der Waals surface area contributed by atoms with Gasteiger partial charge in [-0.05, 0) is 43.0 Å². The molecule has 1 spiro atoms. The third kappa shape index (κ3) is 2.47. The quantitative estimate of drug-likeness (QED) is 0.773. The average molecular weight is 370 g/mol. The van der Waals surface area contributed by atoms with E-state index >= 15 is 0 Å². The van der Waals surface area contributed by atoms with Crippen molar-refractivity contribution in [3.8, 4) is 0 Å². The predicted molar refractivity (Wildman–Crippen MR) is 96.7 cm³/mol. The minimum Gasteiger partial charge on any atom is -0.339 e. The number of hydrogen-bond donors (Lipinski definition) is 0. The van der Waals surface area contributed by atoms with Crippen LogP contribution in [0.1, 0.15) is 24.4 Å². The maximum absolute atomic E-state index is 14.2. The second-order valence-electron chi connectivity index (χ2n) is 7.10. The van der Waals surface area contributed by atoms with Crippen molar-refractivity contribution in [3.05, 3.63) is 66.0 Å². The number of hydrogen-bond acceptors (Lipinski definition) is 4. The van der Waals surface area contributed by atoms with E-state index in [1.54, 1.807) is 29.0 Å². The molecule has 3 saturated heterocycles. The monoisotopic (exact) mass is 370 g/mol. The lowest BCUT2D eigenvalue weighted by Gasteiger charge is -2.44. The highest BCUT2D eigenvalue weighted by atomic mass is 32.2. The summed E-state index contributed by atoms with van der Waals surface area (Å²) in [6.45, 7) is 1.14. The number of benzene rings is 2. The largest absolute Gasteiger partial charge is 0.339 e. The van der Waals surface area contributed by atoms with Gasteiger partial charge in [-0.1, -0.05) is 36.4 Å². The number of fused-ring (bicyclic) bond motifs is 1. The van der Waals surface area contributed by atoms with Crippen LogP contribution in [-0.4, -0.2) is 40.0 Å². The van der Waals surface area contributed by atoms with Gasteiger partial charge >= 0.3 is 0 Å². The Balaban J connectivity index is 1.31. The molecule has 2 aromatic rings. The van der Waals surface area contributed by atoms with Gasteiger partial charge < -0.3 is 9.64 Å². The number of nitrogens with zero attached hydrogens (tertiary/aromatic N) is 2. The summed E-state index contributed by atoms with van der Waals surface area (Å²) in [6.07, 6.45) is 1.28. The van der Waals surface area contributed by atoms with Gasteiger partial charge in [-0.3, -0.25) is 4.79 Å². The van der Waals surface area contributed by atoms with Crippen molar-refractivity contribution in [2.75, 3.05) is 13.1 Å². The van der Waals surface area contributed by atoms with Crippen LogP contribution in [0.3, 0.4) is 0 Å². The molecular formula is C20H19FN2O2S. The number of halogens is 1. The number of carbonyl (C=O) groups excluding carboxylic acids is 1. The minimum atomic E-state index is -0.754. The Hall–Kier alpha value is -1.89. The fraction of sp³-hybridized carbons (Fsp3) is 0.350. The van der Waals surface area contributed by atoms with Crippen LogP contribution in [0.15, 0.2) is 59.5 Å². The van der Waals surface area contributed by atoms with Crippen LogP contribution < -0.4 is 0 Å². The fourth-order valence-electron chi connectivity index (χ4n) is 4.19. The molecule has 2 atom stereocenters. The third-order valence-corrected chi connectivity index (χ3v) is 6.42. The second kappa shape index (κ2) is 6.08. The number of carbonyl (C=O) groups is 1. The van der Waals surface area contributed by atoms with E-state index in [1.165, 1.54) is 6.07 Å². The molecule has 0 bridgehead atoms. The van der Waals surface area contributed by atoms with E-state index in [0.717, 1.165) is 17.7 Å². The lowest BCUT2D eigenvalue weighted by atomic mass is 9.94. The summed E-state index contributed by atoms with van der Waals surface area (Å²) in [4.78, 5) is 16.1. The highest BCUT2D eigenvalue weighted by Crippen LogP contribution is 2.49. The molecule has 2 unspecified atom stereocenters. The summed E-state index contributed by atoms with van der Waals surface area (Å²) in [6, 6.07) is 16.6. The first-order valence-corrected chi connectivity index (χ1v) is 9.67. The van der Waals surface area contributed by atoms with Gasteiger partial charge in [-0.15, -0.1) is 0 Å². The zero-order chi connectivity index (χ0) is 17.7. The van der Waals surface area contributed by atoms with E-state index in [9.17, 15) is 9.18 Å². The van der Waals surface area contributed by atoms with Crippen molar-refractivity contribution in [1.82, 2.24) is 9.21 Å². The Labute approximate surface area is 156 Å². The van der Waals surface area contributed by atoms with E-state index in [4.69, 9.17) is 4.74 Å². The predicted octanol–water partition coefficient (Wildman–Crippen LogP) is 3.61. The van der Waals surface area contributed by atoms with Crippen LogP contribution in [0.4, 0.5) is 4.39 Å². The highest BCUT2D eigenvalue weighted by Gasteiger charge is 2.63. The van der Waals surface area contributed by atoms with Crippen molar-refractivity contribution < 1.29 is 13.9 Å². The topological polar surface area (TPSA) is 32.8 Å². The molecular weight excluding hydrogens is 351 g/mol. The summed E-state index contributed by atoms with van der Waals surface area (Å²) in [5.41, 5.74) is -0.157. The second-order valence-corrected chi connectivity index (χ2v) is 8.27. The summed E-state index contributed by atoms with van der Waals surface area (Å²) in [5, 5.41) is 0. The molecule has 0 aromatic heterocycles. The highest BCUT2D eigenvalue weighted by molar-refractivity contribution is 7.97. The van der Waals surface area contributed by atoms with Crippen molar-refractivity contribution in [2.45, 2.75) is 35.6 Å². The van der Waals surface area contributed by atoms with Crippen LogP contribution in [-0.2, 0) is 9.53 Å². The normalized spacial score (nSPS) is 27.0. The van der Waals surface area contributed by atoms with Gasteiger partial charge in [0.1, 0.15) is 12.0 Å². The SMILES string of the molecule is O=C1N2C(CCC2c2ccccc2F)OC12CN(Sc1ccccc1)C2. The van der Waals surface area contributed by atoms with Gasteiger partial charge in [0.15, 0.2) is 5.60 Å². The molecule has 1 amide bonds. The molecule has 3 fully saturated rings. The van der Waals surface area contributed by atoms with E-state index < -0.39 is 5.60 Å². The molecule has 0 saturated carbocycles. The maximum Gasteiger partial charge on any atom is 0.260 e. The van der Waals surface area contributed by atoms with Gasteiger partial charge in [0, 0.05) is 23.5 Å². The lowest BCUT2D eigenvalue weighted by Crippen LogP contribution is -2.64. The molecule has 3 aliphatic heterocycles. The van der Waals surface area contributed by atoms with Gasteiger partial charge in [-0.2, -0.15) is 0 Å². The van der Waals surface area contributed by atoms with Gasteiger partial charge in [0.05, 0.1) is 6.04 Å². The zero-order valence-electron chi connectivity index (χ0n) is 14.2. The molecule has 0 radical (unpaired) electrons. The number of ether oxygens (including phenoxy) is 1. The molecule has 134 valence electrons. The molecule has 0 N–H and O–H groups in total. The van der Waals surface area contributed by atoms with E-state index in [2.05, 4.69) is 16.4 Å². The lowest BCUT2D eigenvalue weighted by molar-refractivity contribution is -0.150. The molecule has 26 heavy (non-hydrogen) atoms. The van der Waals surface area contributed by atoms with Crippen LogP contribution >= 0.6 is 11.9 Å². The minimum absolute atomic E-state index is 0.0122. The van der Waals surface area contributed by atoms with Gasteiger partial charge in [0.25, 0.3) is 5.91 Å². The first-order valence-electron chi connectivity index (χ1n) is 8.89. The van der Waals surface area contributed by atoms with Crippen molar-refractivity contribution in [3.63, 3.8) is 0 Å². The van der Waals surface area contributed by atoms with Crippen molar-refractivity contribution in [2.24, 2.45) is 0 Å². The standard InChI is InChI=1S/C20H19FN2O2S/c21-16-9-5-4-8-15(16)17-10-11-18-23(17)19(24)20(25-18)12-22(13-20)26-14-6-2-1-3-7-14/h1-9,17-18H,10-13H2. The van der Waals surface area contributed by atoms with Crippen LogP contribution in [0.25, 0.3) is 0 Å². The van der Waals surface area contributed by atoms with E-state index in [-0.39, 0.29) is 24.0 Å².